The molecule has 0 radical (unpaired) electrons. The second kappa shape index (κ2) is 4.34. The van der Waals surface area contributed by atoms with E-state index in [9.17, 15) is 4.79 Å². The molecule has 0 heterocycles. The van der Waals surface area contributed by atoms with Crippen molar-refractivity contribution in [1.29, 1.82) is 0 Å². The van der Waals surface area contributed by atoms with Gasteiger partial charge in [-0.3, -0.25) is 4.79 Å². The van der Waals surface area contributed by atoms with Gasteiger partial charge in [0.2, 0.25) is 5.91 Å². The fourth-order valence-corrected chi connectivity index (χ4v) is 0.904. The molecule has 0 saturated heterocycles. The zero-order valence-corrected chi connectivity index (χ0v) is 7.82. The lowest BCUT2D eigenvalue weighted by Gasteiger charge is -2.23. The van der Waals surface area contributed by atoms with Gasteiger partial charge >= 0.3 is 0 Å². The van der Waals surface area contributed by atoms with E-state index >= 15 is 0 Å². The van der Waals surface area contributed by atoms with Crippen molar-refractivity contribution in [1.82, 2.24) is 10.6 Å². The first-order valence-corrected chi connectivity index (χ1v) is 4.08. The SMILES string of the molecule is CCNC(=O)C(C)(C)NCC. The topological polar surface area (TPSA) is 41.1 Å². The highest BCUT2D eigenvalue weighted by molar-refractivity contribution is 5.85. The maximum Gasteiger partial charge on any atom is 0.239 e. The maximum absolute atomic E-state index is 11.3. The smallest absolute Gasteiger partial charge is 0.239 e. The molecule has 0 atom stereocenters. The van der Waals surface area contributed by atoms with Crippen molar-refractivity contribution in [2.24, 2.45) is 0 Å². The first-order chi connectivity index (χ1) is 5.04. The molecule has 0 aliphatic carbocycles. The predicted molar refractivity (Wildman–Crippen MR) is 46.4 cm³/mol. The van der Waals surface area contributed by atoms with Gasteiger partial charge in [0.15, 0.2) is 0 Å². The number of nitrogens with one attached hydrogen (secondary N) is 2. The summed E-state index contributed by atoms with van der Waals surface area (Å²) in [4.78, 5) is 11.3. The first kappa shape index (κ1) is 10.4. The third kappa shape index (κ3) is 3.37. The molecule has 0 aliphatic heterocycles. The second-order valence-corrected chi connectivity index (χ2v) is 3.01. The lowest BCUT2D eigenvalue weighted by Crippen LogP contribution is -2.52. The van der Waals surface area contributed by atoms with Crippen LogP contribution < -0.4 is 10.6 Å². The maximum atomic E-state index is 11.3. The number of hydrogen-bond acceptors (Lipinski definition) is 2. The van der Waals surface area contributed by atoms with Gasteiger partial charge in [-0.05, 0) is 27.3 Å². The van der Waals surface area contributed by atoms with E-state index in [2.05, 4.69) is 10.6 Å². The van der Waals surface area contributed by atoms with Gasteiger partial charge in [-0.2, -0.15) is 0 Å². The number of carbonyl (C=O) groups is 1. The third-order valence-electron chi connectivity index (χ3n) is 1.52. The summed E-state index contributed by atoms with van der Waals surface area (Å²) in [6.45, 7) is 9.15. The quantitative estimate of drug-likeness (QED) is 0.626. The number of likely N-dealkylation sites (N-methyl/N-ethyl adjacent to an activating group) is 2. The van der Waals surface area contributed by atoms with Gasteiger partial charge in [0.1, 0.15) is 0 Å². The second-order valence-electron chi connectivity index (χ2n) is 3.01. The molecular formula is C8H18N2O. The minimum atomic E-state index is -0.440. The number of hydrogen-bond donors (Lipinski definition) is 2. The van der Waals surface area contributed by atoms with Crippen LogP contribution in [0.2, 0.25) is 0 Å². The molecule has 2 N–H and O–H groups in total. The van der Waals surface area contributed by atoms with E-state index in [1.54, 1.807) is 0 Å². The van der Waals surface area contributed by atoms with Gasteiger partial charge in [-0.25, -0.2) is 0 Å². The fraction of sp³-hybridized carbons (Fsp3) is 0.875. The van der Waals surface area contributed by atoms with Crippen LogP contribution in [0, 0.1) is 0 Å². The molecule has 0 aromatic carbocycles. The van der Waals surface area contributed by atoms with Crippen molar-refractivity contribution in [2.45, 2.75) is 33.2 Å². The Kier molecular flexibility index (Phi) is 4.11. The van der Waals surface area contributed by atoms with Crippen molar-refractivity contribution >= 4 is 5.91 Å². The Hall–Kier alpha value is -0.570. The molecule has 3 nitrogen and oxygen atoms in total. The molecule has 0 bridgehead atoms. The Bertz CT molecular complexity index is 132. The van der Waals surface area contributed by atoms with Crippen molar-refractivity contribution in [3.05, 3.63) is 0 Å². The molecule has 66 valence electrons. The van der Waals surface area contributed by atoms with E-state index in [1.807, 2.05) is 27.7 Å². The Balaban J connectivity index is 3.94. The Labute approximate surface area is 68.6 Å². The van der Waals surface area contributed by atoms with E-state index in [-0.39, 0.29) is 5.91 Å². The van der Waals surface area contributed by atoms with Crippen LogP contribution in [0.1, 0.15) is 27.7 Å². The molecule has 0 fully saturated rings. The van der Waals surface area contributed by atoms with Crippen LogP contribution >= 0.6 is 0 Å². The minimum Gasteiger partial charge on any atom is -0.355 e. The summed E-state index contributed by atoms with van der Waals surface area (Å²) in [5, 5.41) is 5.86. The molecule has 0 aliphatic rings. The van der Waals surface area contributed by atoms with Gasteiger partial charge in [0.05, 0.1) is 5.54 Å². The highest BCUT2D eigenvalue weighted by Crippen LogP contribution is 2.00. The van der Waals surface area contributed by atoms with E-state index in [1.165, 1.54) is 0 Å². The van der Waals surface area contributed by atoms with Gasteiger partial charge in [0.25, 0.3) is 0 Å². The lowest BCUT2D eigenvalue weighted by atomic mass is 10.1. The molecule has 1 amide bonds. The van der Waals surface area contributed by atoms with Crippen LogP contribution in [-0.2, 0) is 4.79 Å². The average Bonchev–Trinajstić information content (AvgIpc) is 1.88. The molecular weight excluding hydrogens is 140 g/mol. The van der Waals surface area contributed by atoms with Crippen LogP contribution in [0.25, 0.3) is 0 Å². The number of amides is 1. The van der Waals surface area contributed by atoms with E-state index < -0.39 is 5.54 Å². The number of rotatable bonds is 4. The summed E-state index contributed by atoms with van der Waals surface area (Å²) in [5.41, 5.74) is -0.440. The van der Waals surface area contributed by atoms with Crippen LogP contribution in [0.5, 0.6) is 0 Å². The molecule has 0 spiro atoms. The lowest BCUT2D eigenvalue weighted by molar-refractivity contribution is -0.126. The zero-order valence-electron chi connectivity index (χ0n) is 7.82. The van der Waals surface area contributed by atoms with Gasteiger partial charge in [-0.1, -0.05) is 6.92 Å². The zero-order chi connectivity index (χ0) is 8.91. The summed E-state index contributed by atoms with van der Waals surface area (Å²) < 4.78 is 0. The third-order valence-corrected chi connectivity index (χ3v) is 1.52. The normalized spacial score (nSPS) is 11.3. The van der Waals surface area contributed by atoms with Gasteiger partial charge < -0.3 is 10.6 Å². The monoisotopic (exact) mass is 158 g/mol. The Morgan fingerprint density at radius 2 is 1.82 bits per heavy atom. The molecule has 0 aromatic rings. The molecule has 11 heavy (non-hydrogen) atoms. The molecule has 0 rings (SSSR count). The minimum absolute atomic E-state index is 0.0573. The van der Waals surface area contributed by atoms with Crippen molar-refractivity contribution in [3.63, 3.8) is 0 Å². The largest absolute Gasteiger partial charge is 0.355 e. The van der Waals surface area contributed by atoms with Crippen molar-refractivity contribution in [2.75, 3.05) is 13.1 Å². The summed E-state index contributed by atoms with van der Waals surface area (Å²) in [6.07, 6.45) is 0. The summed E-state index contributed by atoms with van der Waals surface area (Å²) >= 11 is 0. The summed E-state index contributed by atoms with van der Waals surface area (Å²) in [5.74, 6) is 0.0573. The summed E-state index contributed by atoms with van der Waals surface area (Å²) in [6, 6.07) is 0. The average molecular weight is 158 g/mol. The van der Waals surface area contributed by atoms with Crippen LogP contribution in [0.15, 0.2) is 0 Å². The highest BCUT2D eigenvalue weighted by Gasteiger charge is 2.24. The van der Waals surface area contributed by atoms with Gasteiger partial charge in [0, 0.05) is 6.54 Å². The Morgan fingerprint density at radius 3 is 2.18 bits per heavy atom. The van der Waals surface area contributed by atoms with Gasteiger partial charge in [-0.15, -0.1) is 0 Å². The highest BCUT2D eigenvalue weighted by atomic mass is 16.2. The molecule has 0 unspecified atom stereocenters. The first-order valence-electron chi connectivity index (χ1n) is 4.08. The standard InChI is InChI=1S/C8H18N2O/c1-5-9-7(11)8(3,4)10-6-2/h10H,5-6H2,1-4H3,(H,9,11). The van der Waals surface area contributed by atoms with E-state index in [4.69, 9.17) is 0 Å². The molecule has 0 saturated carbocycles. The number of carbonyl (C=O) groups excluding carboxylic acids is 1. The van der Waals surface area contributed by atoms with Crippen molar-refractivity contribution < 1.29 is 4.79 Å². The fourth-order valence-electron chi connectivity index (χ4n) is 0.904. The predicted octanol–water partition coefficient (Wildman–Crippen LogP) is 0.511. The van der Waals surface area contributed by atoms with E-state index in [0.717, 1.165) is 6.54 Å². The Morgan fingerprint density at radius 1 is 1.27 bits per heavy atom. The van der Waals surface area contributed by atoms with Crippen molar-refractivity contribution in [3.8, 4) is 0 Å². The van der Waals surface area contributed by atoms with Crippen LogP contribution in [-0.4, -0.2) is 24.5 Å². The van der Waals surface area contributed by atoms with Crippen LogP contribution in [0.4, 0.5) is 0 Å². The molecule has 3 heteroatoms. The van der Waals surface area contributed by atoms with E-state index in [0.29, 0.717) is 6.54 Å². The molecule has 0 aromatic heterocycles. The summed E-state index contributed by atoms with van der Waals surface area (Å²) in [7, 11) is 0. The van der Waals surface area contributed by atoms with Crippen LogP contribution in [0.3, 0.4) is 0 Å².